The van der Waals surface area contributed by atoms with Crippen molar-refractivity contribution in [3.05, 3.63) is 42.4 Å². The Morgan fingerprint density at radius 1 is 1.29 bits per heavy atom. The maximum Gasteiger partial charge on any atom is 0.249 e. The molecule has 0 aliphatic rings. The minimum atomic E-state index is -0.510. The summed E-state index contributed by atoms with van der Waals surface area (Å²) >= 11 is 1.27. The second kappa shape index (κ2) is 4.84. The molecule has 6 heteroatoms. The van der Waals surface area contributed by atoms with Crippen molar-refractivity contribution in [3.8, 4) is 0 Å². The van der Waals surface area contributed by atoms with Gasteiger partial charge in [-0.15, -0.1) is 0 Å². The van der Waals surface area contributed by atoms with E-state index in [1.807, 2.05) is 0 Å². The van der Waals surface area contributed by atoms with Crippen LogP contribution in [0.15, 0.2) is 46.7 Å². The number of nitrogens with zero attached hydrogens (tertiary/aromatic N) is 2. The number of rotatable bonds is 3. The zero-order valence-corrected chi connectivity index (χ0v) is 9.65. The largest absolute Gasteiger partial charge is 0.398 e. The maximum atomic E-state index is 11.3. The molecule has 86 valence electrons. The van der Waals surface area contributed by atoms with Crippen molar-refractivity contribution in [2.45, 2.75) is 9.92 Å². The first-order valence-corrected chi connectivity index (χ1v) is 5.62. The van der Waals surface area contributed by atoms with E-state index in [0.29, 0.717) is 21.2 Å². The number of primary amides is 1. The third-order valence-electron chi connectivity index (χ3n) is 2.06. The van der Waals surface area contributed by atoms with Gasteiger partial charge in [0.05, 0.1) is 11.8 Å². The van der Waals surface area contributed by atoms with E-state index < -0.39 is 5.91 Å². The summed E-state index contributed by atoms with van der Waals surface area (Å²) in [7, 11) is 0. The molecular weight excluding hydrogens is 236 g/mol. The SMILES string of the molecule is NC(=O)c1cccc(N)c1Sc1cnccn1. The van der Waals surface area contributed by atoms with Gasteiger partial charge >= 0.3 is 0 Å². The molecule has 1 aromatic heterocycles. The highest BCUT2D eigenvalue weighted by Crippen LogP contribution is 2.33. The molecule has 1 amide bonds. The van der Waals surface area contributed by atoms with Gasteiger partial charge in [0, 0.05) is 23.0 Å². The number of hydrogen-bond acceptors (Lipinski definition) is 5. The lowest BCUT2D eigenvalue weighted by Crippen LogP contribution is -2.13. The predicted molar refractivity (Wildman–Crippen MR) is 65.5 cm³/mol. The molecule has 2 aromatic rings. The number of carbonyl (C=O) groups excluding carboxylic acids is 1. The van der Waals surface area contributed by atoms with E-state index in [-0.39, 0.29) is 0 Å². The fourth-order valence-corrected chi connectivity index (χ4v) is 2.21. The molecule has 0 saturated heterocycles. The Kier molecular flexibility index (Phi) is 3.24. The smallest absolute Gasteiger partial charge is 0.249 e. The van der Waals surface area contributed by atoms with Crippen molar-refractivity contribution in [2.24, 2.45) is 5.73 Å². The van der Waals surface area contributed by atoms with Crippen LogP contribution in [0.5, 0.6) is 0 Å². The molecule has 17 heavy (non-hydrogen) atoms. The minimum absolute atomic E-state index is 0.389. The number of hydrogen-bond donors (Lipinski definition) is 2. The van der Waals surface area contributed by atoms with Crippen LogP contribution in [0.3, 0.4) is 0 Å². The van der Waals surface area contributed by atoms with E-state index >= 15 is 0 Å². The summed E-state index contributed by atoms with van der Waals surface area (Å²) in [6.07, 6.45) is 4.75. The Hall–Kier alpha value is -2.08. The van der Waals surface area contributed by atoms with Gasteiger partial charge < -0.3 is 11.5 Å². The molecule has 5 nitrogen and oxygen atoms in total. The number of anilines is 1. The molecule has 0 saturated carbocycles. The van der Waals surface area contributed by atoms with Crippen LogP contribution in [0.4, 0.5) is 5.69 Å². The molecule has 1 heterocycles. The van der Waals surface area contributed by atoms with Crippen LogP contribution in [0, 0.1) is 0 Å². The number of aromatic nitrogens is 2. The minimum Gasteiger partial charge on any atom is -0.398 e. The van der Waals surface area contributed by atoms with Crippen LogP contribution in [-0.2, 0) is 0 Å². The number of carbonyl (C=O) groups is 1. The van der Waals surface area contributed by atoms with Gasteiger partial charge in [0.25, 0.3) is 0 Å². The lowest BCUT2D eigenvalue weighted by Gasteiger charge is -2.08. The van der Waals surface area contributed by atoms with Crippen LogP contribution in [0.25, 0.3) is 0 Å². The summed E-state index contributed by atoms with van der Waals surface area (Å²) in [6.45, 7) is 0. The highest BCUT2D eigenvalue weighted by Gasteiger charge is 2.12. The molecule has 1 aromatic carbocycles. The highest BCUT2D eigenvalue weighted by molar-refractivity contribution is 7.99. The van der Waals surface area contributed by atoms with Crippen molar-refractivity contribution in [2.75, 3.05) is 5.73 Å². The first kappa shape index (κ1) is 11.4. The molecule has 0 spiro atoms. The van der Waals surface area contributed by atoms with Crippen molar-refractivity contribution in [1.82, 2.24) is 9.97 Å². The Morgan fingerprint density at radius 2 is 2.12 bits per heavy atom. The second-order valence-electron chi connectivity index (χ2n) is 3.23. The quantitative estimate of drug-likeness (QED) is 0.796. The molecule has 0 bridgehead atoms. The highest BCUT2D eigenvalue weighted by atomic mass is 32.2. The molecule has 0 radical (unpaired) electrons. The fourth-order valence-electron chi connectivity index (χ4n) is 1.31. The molecule has 0 fully saturated rings. The summed E-state index contributed by atoms with van der Waals surface area (Å²) < 4.78 is 0. The van der Waals surface area contributed by atoms with Crippen LogP contribution in [0.2, 0.25) is 0 Å². The third-order valence-corrected chi connectivity index (χ3v) is 3.14. The van der Waals surface area contributed by atoms with Crippen LogP contribution in [0.1, 0.15) is 10.4 Å². The van der Waals surface area contributed by atoms with Crippen molar-refractivity contribution >= 4 is 23.4 Å². The number of nitrogens with two attached hydrogens (primary N) is 2. The Balaban J connectivity index is 2.41. The van der Waals surface area contributed by atoms with E-state index in [2.05, 4.69) is 9.97 Å². The van der Waals surface area contributed by atoms with Gasteiger partial charge in [0.2, 0.25) is 5.91 Å². The first-order chi connectivity index (χ1) is 8.18. The zero-order valence-electron chi connectivity index (χ0n) is 8.83. The molecule has 0 unspecified atom stereocenters. The van der Waals surface area contributed by atoms with Gasteiger partial charge in [0.15, 0.2) is 0 Å². The number of amides is 1. The van der Waals surface area contributed by atoms with Crippen LogP contribution < -0.4 is 11.5 Å². The Morgan fingerprint density at radius 3 is 2.76 bits per heavy atom. The molecule has 0 aliphatic carbocycles. The van der Waals surface area contributed by atoms with Crippen LogP contribution in [-0.4, -0.2) is 15.9 Å². The zero-order chi connectivity index (χ0) is 12.3. The van der Waals surface area contributed by atoms with Gasteiger partial charge in [-0.1, -0.05) is 17.8 Å². The third kappa shape index (κ3) is 2.54. The average Bonchev–Trinajstić information content (AvgIpc) is 2.33. The van der Waals surface area contributed by atoms with Gasteiger partial charge in [0.1, 0.15) is 5.03 Å². The second-order valence-corrected chi connectivity index (χ2v) is 4.26. The first-order valence-electron chi connectivity index (χ1n) is 4.80. The topological polar surface area (TPSA) is 94.9 Å². The standard InChI is InChI=1S/C11H10N4OS/c12-8-3-1-2-7(11(13)16)10(8)17-9-6-14-4-5-15-9/h1-6H,12H2,(H2,13,16). The average molecular weight is 246 g/mol. The summed E-state index contributed by atoms with van der Waals surface area (Å²) in [4.78, 5) is 19.9. The summed E-state index contributed by atoms with van der Waals surface area (Å²) in [6, 6.07) is 5.04. The van der Waals surface area contributed by atoms with E-state index in [0.717, 1.165) is 0 Å². The summed E-state index contributed by atoms with van der Waals surface area (Å²) in [5.74, 6) is -0.510. The lowest BCUT2D eigenvalue weighted by atomic mass is 10.2. The van der Waals surface area contributed by atoms with Crippen molar-refractivity contribution in [1.29, 1.82) is 0 Å². The normalized spacial score (nSPS) is 10.1. The van der Waals surface area contributed by atoms with Gasteiger partial charge in [-0.2, -0.15) is 0 Å². The van der Waals surface area contributed by atoms with Gasteiger partial charge in [-0.3, -0.25) is 9.78 Å². The Bertz CT molecular complexity index is 544. The van der Waals surface area contributed by atoms with E-state index in [4.69, 9.17) is 11.5 Å². The maximum absolute atomic E-state index is 11.3. The molecule has 4 N–H and O–H groups in total. The van der Waals surface area contributed by atoms with Crippen LogP contribution >= 0.6 is 11.8 Å². The Labute approximate surface area is 102 Å². The molecule has 0 atom stereocenters. The van der Waals surface area contributed by atoms with Gasteiger partial charge in [-0.05, 0) is 12.1 Å². The summed E-state index contributed by atoms with van der Waals surface area (Å²) in [5.41, 5.74) is 12.0. The lowest BCUT2D eigenvalue weighted by molar-refractivity contribution is 0.0997. The van der Waals surface area contributed by atoms with E-state index in [1.165, 1.54) is 11.8 Å². The predicted octanol–water partition coefficient (Wildman–Crippen LogP) is 1.31. The summed E-state index contributed by atoms with van der Waals surface area (Å²) in [5, 5.41) is 0.660. The van der Waals surface area contributed by atoms with Crippen molar-refractivity contribution < 1.29 is 4.79 Å². The van der Waals surface area contributed by atoms with E-state index in [9.17, 15) is 4.79 Å². The molecule has 0 aliphatic heterocycles. The molecular formula is C11H10N4OS. The monoisotopic (exact) mass is 246 g/mol. The van der Waals surface area contributed by atoms with Crippen molar-refractivity contribution in [3.63, 3.8) is 0 Å². The molecule has 2 rings (SSSR count). The van der Waals surface area contributed by atoms with Gasteiger partial charge in [-0.25, -0.2) is 4.98 Å². The van der Waals surface area contributed by atoms with E-state index in [1.54, 1.807) is 36.8 Å². The number of nitrogen functional groups attached to an aromatic ring is 1. The fraction of sp³-hybridized carbons (Fsp3) is 0. The number of benzene rings is 1.